The van der Waals surface area contributed by atoms with Crippen LogP contribution in [0.5, 0.6) is 17.4 Å². The van der Waals surface area contributed by atoms with Gasteiger partial charge in [-0.25, -0.2) is 8.78 Å². The number of carbonyl (C=O) groups is 2. The number of benzene rings is 4. The number of amides is 2. The Morgan fingerprint density at radius 2 is 1.14 bits per heavy atom. The van der Waals surface area contributed by atoms with Crippen molar-refractivity contribution in [3.63, 3.8) is 0 Å². The third kappa shape index (κ3) is 12.2. The molecule has 0 aliphatic carbocycles. The number of aromatic amines is 2. The number of rotatable bonds is 10. The Kier molecular flexibility index (Phi) is 14.8. The van der Waals surface area contributed by atoms with Gasteiger partial charge in [0.1, 0.15) is 23.1 Å². The summed E-state index contributed by atoms with van der Waals surface area (Å²) in [6.07, 6.45) is 0.968. The predicted molar refractivity (Wildman–Crippen MR) is 217 cm³/mol. The molecule has 0 saturated carbocycles. The molecule has 2 aliphatic heterocycles. The molecule has 2 aromatic heterocycles. The van der Waals surface area contributed by atoms with E-state index in [1.54, 1.807) is 47.4 Å². The van der Waals surface area contributed by atoms with Gasteiger partial charge in [-0.15, -0.1) is 5.10 Å². The van der Waals surface area contributed by atoms with Gasteiger partial charge in [0.15, 0.2) is 13.2 Å². The summed E-state index contributed by atoms with van der Waals surface area (Å²) in [5.41, 5.74) is -1.18. The molecule has 0 fully saturated rings. The number of nitrogens with zero attached hydrogens (tertiary/aromatic N) is 4. The van der Waals surface area contributed by atoms with Crippen LogP contribution >= 0.6 is 0 Å². The summed E-state index contributed by atoms with van der Waals surface area (Å²) in [7, 11) is -7.36. The SMILES string of the molecule is O=C(COc1ccccc1)N1CCc2[nH]nc(-c3ccc(F)cc3)c2C1.O=C(COc1ccccc1)N1CCc2[nH]nc(OS(=O)(=O)C(F)(F)F)c2C1.OB(O)c1ccc(F)cc1. The van der Waals surface area contributed by atoms with Crippen LogP contribution in [0.2, 0.25) is 0 Å². The lowest BCUT2D eigenvalue weighted by molar-refractivity contribution is -0.135. The first kappa shape index (κ1) is 45.7. The highest BCUT2D eigenvalue weighted by atomic mass is 32.2. The zero-order valence-electron chi connectivity index (χ0n) is 33.0. The molecule has 0 radical (unpaired) electrons. The van der Waals surface area contributed by atoms with Crippen molar-refractivity contribution < 1.29 is 63.7 Å². The van der Waals surface area contributed by atoms with Crippen molar-refractivity contribution >= 4 is 34.5 Å². The first-order valence-corrected chi connectivity index (χ1v) is 20.4. The summed E-state index contributed by atoms with van der Waals surface area (Å²) >= 11 is 0. The summed E-state index contributed by atoms with van der Waals surface area (Å²) in [6, 6.07) is 29.1. The normalized spacial score (nSPS) is 13.3. The number of carbonyl (C=O) groups excluding carboxylic acids is 2. The van der Waals surface area contributed by atoms with Crippen LogP contribution in [0.3, 0.4) is 0 Å². The van der Waals surface area contributed by atoms with Crippen molar-refractivity contribution in [2.45, 2.75) is 31.4 Å². The fourth-order valence-corrected chi connectivity index (χ4v) is 6.64. The van der Waals surface area contributed by atoms with Gasteiger partial charge in [-0.1, -0.05) is 48.5 Å². The Hall–Kier alpha value is -6.78. The van der Waals surface area contributed by atoms with Crippen LogP contribution < -0.4 is 19.1 Å². The predicted octanol–water partition coefficient (Wildman–Crippen LogP) is 4.29. The average molecular weight is 897 g/mol. The molecule has 4 aromatic carbocycles. The number of hydrogen-bond acceptors (Lipinski definition) is 11. The molecule has 4 N–H and O–H groups in total. The van der Waals surface area contributed by atoms with Gasteiger partial charge < -0.3 is 33.5 Å². The highest BCUT2D eigenvalue weighted by Gasteiger charge is 2.49. The number of alkyl halides is 3. The Morgan fingerprint density at radius 1 is 0.683 bits per heavy atom. The number of nitrogens with one attached hydrogen (secondary N) is 2. The fourth-order valence-electron chi connectivity index (χ4n) is 6.20. The van der Waals surface area contributed by atoms with E-state index in [-0.39, 0.29) is 55.8 Å². The summed E-state index contributed by atoms with van der Waals surface area (Å²) in [5, 5.41) is 30.4. The molecule has 2 aliphatic rings. The van der Waals surface area contributed by atoms with E-state index in [1.807, 2.05) is 30.3 Å². The van der Waals surface area contributed by atoms with Gasteiger partial charge in [0, 0.05) is 55.0 Å². The molecular weight excluding hydrogens is 858 g/mol. The van der Waals surface area contributed by atoms with Gasteiger partial charge in [0.05, 0.1) is 17.8 Å². The van der Waals surface area contributed by atoms with Crippen LogP contribution in [-0.2, 0) is 45.6 Å². The quantitative estimate of drug-likeness (QED) is 0.0662. The van der Waals surface area contributed by atoms with E-state index in [4.69, 9.17) is 19.5 Å². The number of aromatic nitrogens is 4. The molecular formula is C41H38BF5N6O9S. The first-order chi connectivity index (χ1) is 30.1. The Morgan fingerprint density at radius 3 is 1.63 bits per heavy atom. The van der Waals surface area contributed by atoms with E-state index in [0.717, 1.165) is 22.5 Å². The third-order valence-electron chi connectivity index (χ3n) is 9.50. The Bertz CT molecular complexity index is 2570. The van der Waals surface area contributed by atoms with Crippen LogP contribution in [0.25, 0.3) is 11.3 Å². The van der Waals surface area contributed by atoms with E-state index in [1.165, 1.54) is 41.3 Å². The van der Waals surface area contributed by atoms with Crippen LogP contribution in [0.1, 0.15) is 22.5 Å². The molecule has 330 valence electrons. The lowest BCUT2D eigenvalue weighted by Crippen LogP contribution is -2.39. The summed E-state index contributed by atoms with van der Waals surface area (Å²) in [4.78, 5) is 27.9. The van der Waals surface area contributed by atoms with Crippen molar-refractivity contribution in [1.82, 2.24) is 30.2 Å². The number of hydrogen-bond donors (Lipinski definition) is 4. The van der Waals surface area contributed by atoms with Crippen molar-refractivity contribution in [2.24, 2.45) is 0 Å². The van der Waals surface area contributed by atoms with Gasteiger partial charge in [-0.2, -0.15) is 26.7 Å². The van der Waals surface area contributed by atoms with Gasteiger partial charge in [-0.3, -0.25) is 19.8 Å². The van der Waals surface area contributed by atoms with E-state index in [2.05, 4.69) is 24.6 Å². The second kappa shape index (κ2) is 20.4. The summed E-state index contributed by atoms with van der Waals surface area (Å²) in [5.74, 6) is -0.691. The maximum Gasteiger partial charge on any atom is 0.534 e. The molecule has 2 amide bonds. The Labute approximate surface area is 357 Å². The molecule has 4 heterocycles. The number of fused-ring (bicyclic) bond motifs is 2. The maximum atomic E-state index is 13.2. The lowest BCUT2D eigenvalue weighted by Gasteiger charge is -2.27. The van der Waals surface area contributed by atoms with Crippen LogP contribution in [-0.4, -0.2) is 99.4 Å². The van der Waals surface area contributed by atoms with Crippen molar-refractivity contribution in [3.05, 3.63) is 143 Å². The number of para-hydroxylation sites is 2. The molecule has 63 heavy (non-hydrogen) atoms. The van der Waals surface area contributed by atoms with E-state index in [9.17, 15) is 40.0 Å². The molecule has 6 aromatic rings. The smallest absolute Gasteiger partial charge is 0.484 e. The van der Waals surface area contributed by atoms with E-state index < -0.39 is 34.5 Å². The molecule has 0 spiro atoms. The second-order valence-electron chi connectivity index (χ2n) is 13.8. The zero-order valence-corrected chi connectivity index (χ0v) is 33.8. The molecule has 0 saturated heterocycles. The van der Waals surface area contributed by atoms with Gasteiger partial charge in [0.2, 0.25) is 0 Å². The minimum Gasteiger partial charge on any atom is -0.484 e. The van der Waals surface area contributed by atoms with Crippen molar-refractivity contribution in [3.8, 4) is 28.6 Å². The second-order valence-corrected chi connectivity index (χ2v) is 15.3. The topological polar surface area (TPSA) is 200 Å². The first-order valence-electron chi connectivity index (χ1n) is 19.0. The number of H-pyrrole nitrogens is 2. The number of halogens is 5. The highest BCUT2D eigenvalue weighted by Crippen LogP contribution is 2.32. The van der Waals surface area contributed by atoms with E-state index in [0.29, 0.717) is 42.2 Å². The van der Waals surface area contributed by atoms with Crippen molar-refractivity contribution in [2.75, 3.05) is 26.3 Å². The van der Waals surface area contributed by atoms with Gasteiger partial charge in [0.25, 0.3) is 17.7 Å². The zero-order chi connectivity index (χ0) is 45.1. The van der Waals surface area contributed by atoms with Gasteiger partial charge in [-0.05, 0) is 66.1 Å². The molecule has 15 nitrogen and oxygen atoms in total. The number of ether oxygens (including phenoxy) is 2. The average Bonchev–Trinajstić information content (AvgIpc) is 3.89. The van der Waals surface area contributed by atoms with Crippen LogP contribution in [0.15, 0.2) is 109 Å². The summed E-state index contributed by atoms with van der Waals surface area (Å²) < 4.78 is 100. The van der Waals surface area contributed by atoms with Crippen LogP contribution in [0, 0.1) is 11.6 Å². The fraction of sp³-hybridized carbons (Fsp3) is 0.220. The van der Waals surface area contributed by atoms with Crippen molar-refractivity contribution in [1.29, 1.82) is 0 Å². The summed E-state index contributed by atoms with van der Waals surface area (Å²) in [6.45, 7) is 0.949. The molecule has 0 atom stereocenters. The monoisotopic (exact) mass is 896 g/mol. The van der Waals surface area contributed by atoms with Crippen LogP contribution in [0.4, 0.5) is 22.0 Å². The lowest BCUT2D eigenvalue weighted by atomic mass is 9.80. The Balaban J connectivity index is 0.000000173. The highest BCUT2D eigenvalue weighted by molar-refractivity contribution is 7.88. The largest absolute Gasteiger partial charge is 0.534 e. The standard InChI is InChI=1S/C20H18FN3O2.C15H14F3N3O5S.C6H6BFO2/c21-15-8-6-14(7-9-15)20-17-12-24(11-10-18(17)22-23-20)19(25)13-26-16-4-2-1-3-5-16;16-15(17,18)27(23,24)26-14-11-8-21(7-6-12(11)19-20-14)13(22)9-25-10-4-2-1-3-5-10;8-6-3-1-5(2-4-6)7(9)10/h1-9H,10-13H2,(H,22,23);1-5H,6-9H2,(H,19,20);1-4,9-10H. The molecule has 0 bridgehead atoms. The minimum absolute atomic E-state index is 0.00306. The molecule has 22 heteroatoms. The third-order valence-corrected chi connectivity index (χ3v) is 10.4. The molecule has 8 rings (SSSR count). The molecule has 0 unspecified atom stereocenters. The van der Waals surface area contributed by atoms with Gasteiger partial charge >= 0.3 is 22.7 Å². The van der Waals surface area contributed by atoms with E-state index >= 15 is 0 Å². The minimum atomic E-state index is -5.85. The maximum absolute atomic E-state index is 13.2.